The number of hydrogen-bond donors (Lipinski definition) is 2. The fourth-order valence-corrected chi connectivity index (χ4v) is 2.94. The number of hydrogen-bond acceptors (Lipinski definition) is 4. The molecule has 0 saturated carbocycles. The Morgan fingerprint density at radius 3 is 2.10 bits per heavy atom. The summed E-state index contributed by atoms with van der Waals surface area (Å²) in [5.41, 5.74) is 2.47. The molecule has 2 amide bonds. The summed E-state index contributed by atoms with van der Waals surface area (Å²) in [5, 5.41) is 5.50. The van der Waals surface area contributed by atoms with Gasteiger partial charge in [-0.15, -0.1) is 0 Å². The molecule has 0 aliphatic carbocycles. The molecule has 0 aliphatic heterocycles. The molecule has 6 heteroatoms. The van der Waals surface area contributed by atoms with E-state index in [9.17, 15) is 14.4 Å². The van der Waals surface area contributed by atoms with Gasteiger partial charge in [0, 0.05) is 18.5 Å². The highest BCUT2D eigenvalue weighted by atomic mass is 16.5. The maximum atomic E-state index is 12.6. The molecule has 0 unspecified atom stereocenters. The van der Waals surface area contributed by atoms with Gasteiger partial charge < -0.3 is 15.4 Å². The highest BCUT2D eigenvalue weighted by Gasteiger charge is 2.14. The van der Waals surface area contributed by atoms with Crippen LogP contribution < -0.4 is 10.6 Å². The second-order valence-electron chi connectivity index (χ2n) is 6.87. The van der Waals surface area contributed by atoms with E-state index in [0.29, 0.717) is 23.4 Å². The highest BCUT2D eigenvalue weighted by Crippen LogP contribution is 2.18. The number of benzene rings is 3. The monoisotopic (exact) mass is 416 g/mol. The zero-order valence-corrected chi connectivity index (χ0v) is 17.0. The quantitative estimate of drug-likeness (QED) is 0.505. The van der Waals surface area contributed by atoms with Crippen LogP contribution in [-0.2, 0) is 20.7 Å². The molecule has 0 heterocycles. The van der Waals surface area contributed by atoms with Gasteiger partial charge in [-0.05, 0) is 29.8 Å². The Labute approximate surface area is 181 Å². The minimum Gasteiger partial charge on any atom is -0.465 e. The van der Waals surface area contributed by atoms with E-state index in [1.807, 2.05) is 48.5 Å². The number of para-hydroxylation sites is 2. The summed E-state index contributed by atoms with van der Waals surface area (Å²) in [6.45, 7) is 0.271. The van der Waals surface area contributed by atoms with Crippen LogP contribution >= 0.6 is 0 Å². The average Bonchev–Trinajstić information content (AvgIpc) is 2.79. The molecule has 0 aromatic heterocycles. The summed E-state index contributed by atoms with van der Waals surface area (Å²) in [7, 11) is 0. The highest BCUT2D eigenvalue weighted by molar-refractivity contribution is 6.10. The maximum Gasteiger partial charge on any atom is 0.306 e. The second-order valence-corrected chi connectivity index (χ2v) is 6.87. The van der Waals surface area contributed by atoms with Gasteiger partial charge in [-0.2, -0.15) is 0 Å². The number of nitrogens with one attached hydrogen (secondary N) is 2. The van der Waals surface area contributed by atoms with Gasteiger partial charge in [0.25, 0.3) is 5.91 Å². The number of anilines is 2. The molecule has 0 spiro atoms. The van der Waals surface area contributed by atoms with Gasteiger partial charge in [0.15, 0.2) is 0 Å². The summed E-state index contributed by atoms with van der Waals surface area (Å²) in [5.74, 6) is -1.12. The molecule has 31 heavy (non-hydrogen) atoms. The molecule has 2 N–H and O–H groups in total. The number of carbonyl (C=O) groups excluding carboxylic acids is 3. The standard InChI is InChI=1S/C25H24N2O4/c28-23(15-16-24(29)31-18-17-19-9-3-1-4-10-19)27-22-14-8-7-13-21(22)25(30)26-20-11-5-2-6-12-20/h1-14H,15-18H2,(H,26,30)(H,27,28). The first kappa shape index (κ1) is 21.8. The predicted molar refractivity (Wildman–Crippen MR) is 120 cm³/mol. The lowest BCUT2D eigenvalue weighted by molar-refractivity contribution is -0.144. The fourth-order valence-electron chi connectivity index (χ4n) is 2.94. The Kier molecular flexibility index (Phi) is 7.94. The normalized spacial score (nSPS) is 10.2. The Bertz CT molecular complexity index is 1020. The van der Waals surface area contributed by atoms with Crippen molar-refractivity contribution >= 4 is 29.2 Å². The minimum atomic E-state index is -0.429. The van der Waals surface area contributed by atoms with E-state index in [1.165, 1.54) is 0 Å². The maximum absolute atomic E-state index is 12.6. The lowest BCUT2D eigenvalue weighted by Gasteiger charge is -2.11. The largest absolute Gasteiger partial charge is 0.465 e. The summed E-state index contributed by atoms with van der Waals surface area (Å²) in [6, 6.07) is 25.5. The number of amides is 2. The molecular formula is C25H24N2O4. The van der Waals surface area contributed by atoms with Crippen molar-refractivity contribution in [2.45, 2.75) is 19.3 Å². The molecule has 0 bridgehead atoms. The topological polar surface area (TPSA) is 84.5 Å². The van der Waals surface area contributed by atoms with Crippen molar-refractivity contribution in [3.63, 3.8) is 0 Å². The van der Waals surface area contributed by atoms with Crippen molar-refractivity contribution in [2.75, 3.05) is 17.2 Å². The van der Waals surface area contributed by atoms with Gasteiger partial charge in [-0.25, -0.2) is 0 Å². The number of carbonyl (C=O) groups is 3. The molecule has 6 nitrogen and oxygen atoms in total. The third-order valence-electron chi connectivity index (χ3n) is 4.53. The SMILES string of the molecule is O=C(CCC(=O)OCCc1ccccc1)Nc1ccccc1C(=O)Nc1ccccc1. The lowest BCUT2D eigenvalue weighted by Crippen LogP contribution is -2.19. The Balaban J connectivity index is 1.47. The molecule has 3 aromatic rings. The summed E-state index contributed by atoms with van der Waals surface area (Å²) in [4.78, 5) is 36.8. The first-order valence-corrected chi connectivity index (χ1v) is 10.1. The molecule has 158 valence electrons. The van der Waals surface area contributed by atoms with Crippen LogP contribution in [0.3, 0.4) is 0 Å². The Morgan fingerprint density at radius 1 is 0.710 bits per heavy atom. The molecular weight excluding hydrogens is 392 g/mol. The zero-order valence-electron chi connectivity index (χ0n) is 17.0. The van der Waals surface area contributed by atoms with Crippen LogP contribution in [0.4, 0.5) is 11.4 Å². The van der Waals surface area contributed by atoms with Crippen molar-refractivity contribution in [3.8, 4) is 0 Å². The smallest absolute Gasteiger partial charge is 0.306 e. The summed E-state index contributed by atoms with van der Waals surface area (Å²) in [6.07, 6.45) is 0.570. The Morgan fingerprint density at radius 2 is 1.35 bits per heavy atom. The molecule has 0 saturated heterocycles. The molecule has 0 atom stereocenters. The van der Waals surface area contributed by atoms with Crippen LogP contribution in [0, 0.1) is 0 Å². The third-order valence-corrected chi connectivity index (χ3v) is 4.53. The molecule has 0 radical (unpaired) electrons. The van der Waals surface area contributed by atoms with Gasteiger partial charge in [0.2, 0.25) is 5.91 Å². The summed E-state index contributed by atoms with van der Waals surface area (Å²) >= 11 is 0. The predicted octanol–water partition coefficient (Wildman–Crippen LogP) is 4.44. The van der Waals surface area contributed by atoms with Crippen molar-refractivity contribution < 1.29 is 19.1 Å². The van der Waals surface area contributed by atoms with E-state index < -0.39 is 5.97 Å². The van der Waals surface area contributed by atoms with E-state index in [2.05, 4.69) is 10.6 Å². The minimum absolute atomic E-state index is 0.0288. The first-order valence-electron chi connectivity index (χ1n) is 10.1. The van der Waals surface area contributed by atoms with Crippen LogP contribution in [0.25, 0.3) is 0 Å². The van der Waals surface area contributed by atoms with Crippen molar-refractivity contribution in [1.82, 2.24) is 0 Å². The molecule has 0 fully saturated rings. The number of esters is 1. The third kappa shape index (κ3) is 7.12. The van der Waals surface area contributed by atoms with Crippen LogP contribution in [0.15, 0.2) is 84.9 Å². The van der Waals surface area contributed by atoms with E-state index in [-0.39, 0.29) is 31.3 Å². The van der Waals surface area contributed by atoms with Gasteiger partial charge >= 0.3 is 5.97 Å². The average molecular weight is 416 g/mol. The lowest BCUT2D eigenvalue weighted by atomic mass is 10.1. The number of rotatable bonds is 9. The van der Waals surface area contributed by atoms with E-state index in [0.717, 1.165) is 5.56 Å². The van der Waals surface area contributed by atoms with E-state index >= 15 is 0 Å². The van der Waals surface area contributed by atoms with Crippen LogP contribution in [-0.4, -0.2) is 24.4 Å². The fraction of sp³-hybridized carbons (Fsp3) is 0.160. The van der Waals surface area contributed by atoms with Gasteiger partial charge in [-0.3, -0.25) is 14.4 Å². The van der Waals surface area contributed by atoms with Crippen molar-refractivity contribution in [3.05, 3.63) is 96.1 Å². The van der Waals surface area contributed by atoms with Crippen molar-refractivity contribution in [2.24, 2.45) is 0 Å². The van der Waals surface area contributed by atoms with Crippen LogP contribution in [0.1, 0.15) is 28.8 Å². The van der Waals surface area contributed by atoms with E-state index in [4.69, 9.17) is 4.74 Å². The van der Waals surface area contributed by atoms with Gasteiger partial charge in [-0.1, -0.05) is 60.7 Å². The van der Waals surface area contributed by atoms with Gasteiger partial charge in [0.1, 0.15) is 0 Å². The van der Waals surface area contributed by atoms with E-state index in [1.54, 1.807) is 36.4 Å². The Hall–Kier alpha value is -3.93. The van der Waals surface area contributed by atoms with Gasteiger partial charge in [0.05, 0.1) is 24.3 Å². The molecule has 3 rings (SSSR count). The second kappa shape index (κ2) is 11.3. The first-order chi connectivity index (χ1) is 15.1. The zero-order chi connectivity index (χ0) is 21.9. The summed E-state index contributed by atoms with van der Waals surface area (Å²) < 4.78 is 5.19. The molecule has 0 aliphatic rings. The van der Waals surface area contributed by atoms with Crippen molar-refractivity contribution in [1.29, 1.82) is 0 Å². The number of ether oxygens (including phenoxy) is 1. The van der Waals surface area contributed by atoms with Crippen LogP contribution in [0.2, 0.25) is 0 Å². The van der Waals surface area contributed by atoms with Crippen LogP contribution in [0.5, 0.6) is 0 Å². The molecule has 3 aromatic carbocycles.